The first-order chi connectivity index (χ1) is 15.3. The molecule has 2 aromatic rings. The fourth-order valence-corrected chi connectivity index (χ4v) is 5.03. The summed E-state index contributed by atoms with van der Waals surface area (Å²) in [4.78, 5) is 25.1. The van der Waals surface area contributed by atoms with Crippen molar-refractivity contribution in [2.24, 2.45) is 5.92 Å². The highest BCUT2D eigenvalue weighted by Crippen LogP contribution is 2.25. The van der Waals surface area contributed by atoms with Gasteiger partial charge in [-0.3, -0.25) is 9.59 Å². The second-order valence-corrected chi connectivity index (χ2v) is 9.89. The summed E-state index contributed by atoms with van der Waals surface area (Å²) in [6.45, 7) is 6.65. The van der Waals surface area contributed by atoms with Crippen LogP contribution >= 0.6 is 35.0 Å². The highest BCUT2D eigenvalue weighted by Gasteiger charge is 2.24. The molecule has 7 nitrogen and oxygen atoms in total. The Labute approximate surface area is 203 Å². The van der Waals surface area contributed by atoms with Crippen LogP contribution in [0, 0.1) is 5.92 Å². The van der Waals surface area contributed by atoms with E-state index in [0.29, 0.717) is 39.1 Å². The lowest BCUT2D eigenvalue weighted by Crippen LogP contribution is -2.41. The molecule has 0 unspecified atom stereocenters. The maximum atomic E-state index is 12.6. The van der Waals surface area contributed by atoms with Crippen LogP contribution in [-0.4, -0.2) is 38.4 Å². The van der Waals surface area contributed by atoms with Crippen molar-refractivity contribution >= 4 is 46.8 Å². The first-order valence-electron chi connectivity index (χ1n) is 10.9. The van der Waals surface area contributed by atoms with E-state index in [1.807, 2.05) is 18.4 Å². The SMILES string of the molecule is CCn1c(SCC(=O)N[C@@H]2CCCC[C@@H]2C)nnc1[C@H](C)NC(=O)c1ccc(Cl)c(Cl)c1. The number of hydrogen-bond donors (Lipinski definition) is 2. The van der Waals surface area contributed by atoms with Crippen LogP contribution < -0.4 is 10.6 Å². The molecular formula is C22H29Cl2N5O2S. The van der Waals surface area contributed by atoms with Crippen LogP contribution in [0.1, 0.15) is 68.7 Å². The Morgan fingerprint density at radius 1 is 1.22 bits per heavy atom. The van der Waals surface area contributed by atoms with Gasteiger partial charge < -0.3 is 15.2 Å². The topological polar surface area (TPSA) is 88.9 Å². The van der Waals surface area contributed by atoms with Crippen LogP contribution in [-0.2, 0) is 11.3 Å². The quantitative estimate of drug-likeness (QED) is 0.507. The molecule has 32 heavy (non-hydrogen) atoms. The first kappa shape index (κ1) is 24.9. The van der Waals surface area contributed by atoms with Crippen LogP contribution in [0.2, 0.25) is 10.0 Å². The number of benzene rings is 1. The van der Waals surface area contributed by atoms with Gasteiger partial charge in [0.15, 0.2) is 11.0 Å². The molecule has 2 N–H and O–H groups in total. The van der Waals surface area contributed by atoms with E-state index >= 15 is 0 Å². The molecule has 1 aromatic carbocycles. The van der Waals surface area contributed by atoms with Crippen molar-refractivity contribution in [2.45, 2.75) is 70.2 Å². The molecule has 0 spiro atoms. The van der Waals surface area contributed by atoms with E-state index < -0.39 is 0 Å². The zero-order valence-electron chi connectivity index (χ0n) is 18.5. The van der Waals surface area contributed by atoms with Gasteiger partial charge in [0.1, 0.15) is 0 Å². The van der Waals surface area contributed by atoms with Crippen LogP contribution in [0.5, 0.6) is 0 Å². The average Bonchev–Trinajstić information content (AvgIpc) is 3.19. The highest BCUT2D eigenvalue weighted by atomic mass is 35.5. The number of nitrogens with zero attached hydrogens (tertiary/aromatic N) is 3. The molecular weight excluding hydrogens is 469 g/mol. The normalized spacial score (nSPS) is 19.4. The maximum Gasteiger partial charge on any atom is 0.251 e. The number of aromatic nitrogens is 3. The Kier molecular flexibility index (Phi) is 8.85. The predicted octanol–water partition coefficient (Wildman–Crippen LogP) is 4.88. The standard InChI is InChI=1S/C22H29Cl2N5O2S/c1-4-29-20(14(3)25-21(31)15-9-10-16(23)17(24)11-15)27-28-22(29)32-12-19(30)26-18-8-6-5-7-13(18)2/h9-11,13-14,18H,4-8,12H2,1-3H3,(H,25,31)(H,26,30)/t13-,14-,18+/m0/s1. The predicted molar refractivity (Wildman–Crippen MR) is 128 cm³/mol. The van der Waals surface area contributed by atoms with E-state index in [2.05, 4.69) is 27.8 Å². The molecule has 2 amide bonds. The number of thioether (sulfide) groups is 1. The molecule has 1 saturated carbocycles. The number of carbonyl (C=O) groups excluding carboxylic acids is 2. The fourth-order valence-electron chi connectivity index (χ4n) is 3.92. The van der Waals surface area contributed by atoms with Crippen molar-refractivity contribution in [2.75, 3.05) is 5.75 Å². The third-order valence-electron chi connectivity index (χ3n) is 5.77. The molecule has 0 aliphatic heterocycles. The number of hydrogen-bond acceptors (Lipinski definition) is 5. The number of amides is 2. The smallest absolute Gasteiger partial charge is 0.251 e. The number of nitrogens with one attached hydrogen (secondary N) is 2. The van der Waals surface area contributed by atoms with Gasteiger partial charge in [0.25, 0.3) is 5.91 Å². The van der Waals surface area contributed by atoms with E-state index in [0.717, 1.165) is 12.8 Å². The Bertz CT molecular complexity index is 968. The van der Waals surface area contributed by atoms with Crippen molar-refractivity contribution in [3.8, 4) is 0 Å². The first-order valence-corrected chi connectivity index (χ1v) is 12.7. The van der Waals surface area contributed by atoms with Crippen molar-refractivity contribution < 1.29 is 9.59 Å². The second kappa shape index (κ2) is 11.4. The monoisotopic (exact) mass is 497 g/mol. The van der Waals surface area contributed by atoms with E-state index in [9.17, 15) is 9.59 Å². The van der Waals surface area contributed by atoms with Gasteiger partial charge in [0.2, 0.25) is 5.91 Å². The lowest BCUT2D eigenvalue weighted by Gasteiger charge is -2.29. The van der Waals surface area contributed by atoms with Crippen molar-refractivity contribution in [1.29, 1.82) is 0 Å². The second-order valence-electron chi connectivity index (χ2n) is 8.13. The van der Waals surface area contributed by atoms with Crippen LogP contribution in [0.3, 0.4) is 0 Å². The van der Waals surface area contributed by atoms with E-state index in [1.165, 1.54) is 30.7 Å². The summed E-state index contributed by atoms with van der Waals surface area (Å²) in [6, 6.07) is 4.62. The Balaban J connectivity index is 1.60. The molecule has 1 aliphatic carbocycles. The minimum absolute atomic E-state index is 0.0157. The molecule has 174 valence electrons. The highest BCUT2D eigenvalue weighted by molar-refractivity contribution is 7.99. The van der Waals surface area contributed by atoms with E-state index in [-0.39, 0.29) is 29.7 Å². The van der Waals surface area contributed by atoms with Gasteiger partial charge in [0, 0.05) is 18.2 Å². The van der Waals surface area contributed by atoms with Crippen LogP contribution in [0.15, 0.2) is 23.4 Å². The zero-order chi connectivity index (χ0) is 23.3. The summed E-state index contributed by atoms with van der Waals surface area (Å²) >= 11 is 13.3. The third kappa shape index (κ3) is 6.17. The zero-order valence-corrected chi connectivity index (χ0v) is 20.9. The number of rotatable bonds is 8. The fraction of sp³-hybridized carbons (Fsp3) is 0.545. The summed E-state index contributed by atoms with van der Waals surface area (Å²) in [5.41, 5.74) is 0.414. The van der Waals surface area contributed by atoms with Crippen molar-refractivity contribution in [1.82, 2.24) is 25.4 Å². The van der Waals surface area contributed by atoms with Gasteiger partial charge in [0.05, 0.1) is 21.8 Å². The number of halogens is 2. The molecule has 1 aromatic heterocycles. The van der Waals surface area contributed by atoms with Crippen molar-refractivity contribution in [3.05, 3.63) is 39.6 Å². The largest absolute Gasteiger partial charge is 0.352 e. The minimum atomic E-state index is -0.379. The summed E-state index contributed by atoms with van der Waals surface area (Å²) in [5, 5.41) is 16.0. The molecule has 1 heterocycles. The molecule has 0 bridgehead atoms. The molecule has 10 heteroatoms. The Hall–Kier alpha value is -1.77. The molecule has 0 saturated heterocycles. The minimum Gasteiger partial charge on any atom is -0.352 e. The van der Waals surface area contributed by atoms with Gasteiger partial charge in [-0.25, -0.2) is 0 Å². The molecule has 1 aliphatic rings. The van der Waals surface area contributed by atoms with Gasteiger partial charge in [-0.2, -0.15) is 0 Å². The molecule has 1 fully saturated rings. The lowest BCUT2D eigenvalue weighted by molar-refractivity contribution is -0.119. The van der Waals surface area contributed by atoms with E-state index in [1.54, 1.807) is 12.1 Å². The van der Waals surface area contributed by atoms with Crippen molar-refractivity contribution in [3.63, 3.8) is 0 Å². The van der Waals surface area contributed by atoms with Gasteiger partial charge in [-0.15, -0.1) is 10.2 Å². The van der Waals surface area contributed by atoms with Crippen LogP contribution in [0.25, 0.3) is 0 Å². The van der Waals surface area contributed by atoms with Gasteiger partial charge in [-0.05, 0) is 50.8 Å². The van der Waals surface area contributed by atoms with Crippen LogP contribution in [0.4, 0.5) is 0 Å². The lowest BCUT2D eigenvalue weighted by atomic mass is 9.86. The molecule has 0 radical (unpaired) electrons. The van der Waals surface area contributed by atoms with Gasteiger partial charge >= 0.3 is 0 Å². The number of carbonyl (C=O) groups is 2. The third-order valence-corrected chi connectivity index (χ3v) is 7.47. The Morgan fingerprint density at radius 3 is 2.66 bits per heavy atom. The molecule has 3 rings (SSSR count). The summed E-state index contributed by atoms with van der Waals surface area (Å²) in [6.07, 6.45) is 4.62. The summed E-state index contributed by atoms with van der Waals surface area (Å²) < 4.78 is 1.92. The molecule has 3 atom stereocenters. The maximum absolute atomic E-state index is 12.6. The average molecular weight is 498 g/mol. The Morgan fingerprint density at radius 2 is 1.97 bits per heavy atom. The summed E-state index contributed by atoms with van der Waals surface area (Å²) in [7, 11) is 0. The van der Waals surface area contributed by atoms with E-state index in [4.69, 9.17) is 23.2 Å². The summed E-state index contributed by atoms with van der Waals surface area (Å²) in [5.74, 6) is 1.16. The van der Waals surface area contributed by atoms with Gasteiger partial charge in [-0.1, -0.05) is 54.7 Å².